The Bertz CT molecular complexity index is 373. The van der Waals surface area contributed by atoms with E-state index in [0.717, 1.165) is 19.4 Å². The van der Waals surface area contributed by atoms with Crippen LogP contribution in [0.5, 0.6) is 0 Å². The average molecular weight is 253 g/mol. The Hall–Kier alpha value is -1.59. The molecule has 0 unspecified atom stereocenters. The Labute approximate surface area is 106 Å². The van der Waals surface area contributed by atoms with Crippen molar-refractivity contribution in [2.45, 2.75) is 26.2 Å². The third-order valence-electron chi connectivity index (χ3n) is 3.86. The Morgan fingerprint density at radius 1 is 1.39 bits per heavy atom. The normalized spacial score (nSPS) is 21.8. The van der Waals surface area contributed by atoms with E-state index in [0.29, 0.717) is 19.5 Å². The van der Waals surface area contributed by atoms with Gasteiger partial charge in [0.25, 0.3) is 0 Å². The summed E-state index contributed by atoms with van der Waals surface area (Å²) < 4.78 is 0. The van der Waals surface area contributed by atoms with Crippen LogP contribution in [-0.4, -0.2) is 48.8 Å². The zero-order valence-corrected chi connectivity index (χ0v) is 10.6. The van der Waals surface area contributed by atoms with Gasteiger partial charge in [-0.25, -0.2) is 0 Å². The van der Waals surface area contributed by atoms with Gasteiger partial charge in [-0.15, -0.1) is 0 Å². The molecule has 6 nitrogen and oxygen atoms in total. The average Bonchev–Trinajstić information content (AvgIpc) is 2.68. The molecule has 1 spiro atoms. The third-order valence-corrected chi connectivity index (χ3v) is 3.86. The van der Waals surface area contributed by atoms with Crippen molar-refractivity contribution in [3.05, 3.63) is 0 Å². The topological polar surface area (TPSA) is 78.5 Å². The maximum absolute atomic E-state index is 11.8. The monoisotopic (exact) mass is 253 g/mol. The molecule has 18 heavy (non-hydrogen) atoms. The first-order chi connectivity index (χ1) is 8.51. The second kappa shape index (κ2) is 4.96. The number of nitrogens with one attached hydrogen (secondary N) is 2. The number of rotatable bonds is 2. The van der Waals surface area contributed by atoms with E-state index in [1.165, 1.54) is 6.92 Å². The number of hydrogen-bond acceptors (Lipinski definition) is 3. The van der Waals surface area contributed by atoms with Crippen LogP contribution in [0.3, 0.4) is 0 Å². The van der Waals surface area contributed by atoms with Crippen molar-refractivity contribution in [2.24, 2.45) is 5.41 Å². The highest BCUT2D eigenvalue weighted by Crippen LogP contribution is 2.37. The predicted octanol–water partition coefficient (Wildman–Crippen LogP) is -0.749. The van der Waals surface area contributed by atoms with Crippen LogP contribution in [0.4, 0.5) is 0 Å². The Morgan fingerprint density at radius 2 is 2.06 bits per heavy atom. The Kier molecular flexibility index (Phi) is 3.54. The quantitative estimate of drug-likeness (QED) is 0.680. The number of hydrogen-bond donors (Lipinski definition) is 2. The molecular weight excluding hydrogens is 234 g/mol. The lowest BCUT2D eigenvalue weighted by molar-refractivity contribution is -0.134. The predicted molar refractivity (Wildman–Crippen MR) is 64.6 cm³/mol. The van der Waals surface area contributed by atoms with Gasteiger partial charge in [0.1, 0.15) is 0 Å². The summed E-state index contributed by atoms with van der Waals surface area (Å²) in [5.74, 6) is -0.118. The Morgan fingerprint density at radius 3 is 2.56 bits per heavy atom. The van der Waals surface area contributed by atoms with E-state index in [4.69, 9.17) is 0 Å². The molecule has 0 aromatic heterocycles. The highest BCUT2D eigenvalue weighted by atomic mass is 16.2. The molecule has 0 aliphatic carbocycles. The van der Waals surface area contributed by atoms with E-state index in [9.17, 15) is 14.4 Å². The first-order valence-corrected chi connectivity index (χ1v) is 6.30. The van der Waals surface area contributed by atoms with Crippen molar-refractivity contribution in [3.63, 3.8) is 0 Å². The lowest BCUT2D eigenvalue weighted by Gasteiger charge is -2.38. The van der Waals surface area contributed by atoms with Crippen LogP contribution >= 0.6 is 0 Å². The molecule has 6 heteroatoms. The fraction of sp³-hybridized carbons (Fsp3) is 0.750. The highest BCUT2D eigenvalue weighted by Gasteiger charge is 2.41. The summed E-state index contributed by atoms with van der Waals surface area (Å²) in [6.45, 7) is 3.55. The molecular formula is C12H19N3O3. The minimum absolute atomic E-state index is 0.0441. The van der Waals surface area contributed by atoms with E-state index in [-0.39, 0.29) is 29.7 Å². The van der Waals surface area contributed by atoms with Gasteiger partial charge in [0.15, 0.2) is 0 Å². The number of carbonyl (C=O) groups excluding carboxylic acids is 3. The van der Waals surface area contributed by atoms with Gasteiger partial charge in [0.05, 0.1) is 6.54 Å². The molecule has 3 amide bonds. The zero-order chi connectivity index (χ0) is 13.2. The summed E-state index contributed by atoms with van der Waals surface area (Å²) in [5, 5.41) is 5.38. The molecule has 2 fully saturated rings. The van der Waals surface area contributed by atoms with Crippen LogP contribution in [0.15, 0.2) is 0 Å². The number of likely N-dealkylation sites (tertiary alicyclic amines) is 1. The van der Waals surface area contributed by atoms with Crippen molar-refractivity contribution in [2.75, 3.05) is 26.2 Å². The van der Waals surface area contributed by atoms with E-state index in [2.05, 4.69) is 10.6 Å². The van der Waals surface area contributed by atoms with Gasteiger partial charge in [-0.1, -0.05) is 0 Å². The fourth-order valence-corrected chi connectivity index (χ4v) is 2.65. The van der Waals surface area contributed by atoms with Gasteiger partial charge in [0, 0.05) is 33.0 Å². The summed E-state index contributed by atoms with van der Waals surface area (Å²) in [6.07, 6.45) is 2.30. The van der Waals surface area contributed by atoms with Gasteiger partial charge >= 0.3 is 0 Å². The zero-order valence-electron chi connectivity index (χ0n) is 10.6. The minimum Gasteiger partial charge on any atom is -0.356 e. The molecule has 2 aliphatic rings. The smallest absolute Gasteiger partial charge is 0.241 e. The van der Waals surface area contributed by atoms with E-state index < -0.39 is 0 Å². The molecule has 0 saturated carbocycles. The van der Waals surface area contributed by atoms with Gasteiger partial charge in [0.2, 0.25) is 17.7 Å². The van der Waals surface area contributed by atoms with E-state index in [1.54, 1.807) is 4.90 Å². The van der Waals surface area contributed by atoms with E-state index >= 15 is 0 Å². The number of nitrogens with zero attached hydrogens (tertiary/aromatic N) is 1. The van der Waals surface area contributed by atoms with Gasteiger partial charge < -0.3 is 15.5 Å². The summed E-state index contributed by atoms with van der Waals surface area (Å²) >= 11 is 0. The van der Waals surface area contributed by atoms with Crippen molar-refractivity contribution < 1.29 is 14.4 Å². The maximum Gasteiger partial charge on any atom is 0.241 e. The van der Waals surface area contributed by atoms with Crippen molar-refractivity contribution in [1.29, 1.82) is 0 Å². The first kappa shape index (κ1) is 12.9. The summed E-state index contributed by atoms with van der Waals surface area (Å²) in [5.41, 5.74) is 0.0574. The lowest BCUT2D eigenvalue weighted by atomic mass is 9.77. The van der Waals surface area contributed by atoms with E-state index in [1.807, 2.05) is 0 Å². The van der Waals surface area contributed by atoms with Crippen LogP contribution in [-0.2, 0) is 14.4 Å². The number of carbonyl (C=O) groups is 3. The van der Waals surface area contributed by atoms with Crippen molar-refractivity contribution >= 4 is 17.7 Å². The van der Waals surface area contributed by atoms with Crippen molar-refractivity contribution in [1.82, 2.24) is 15.5 Å². The second-order valence-electron chi connectivity index (χ2n) is 5.24. The molecule has 0 bridgehead atoms. The third kappa shape index (κ3) is 2.80. The molecule has 2 aliphatic heterocycles. The van der Waals surface area contributed by atoms with Crippen LogP contribution in [0.25, 0.3) is 0 Å². The second-order valence-corrected chi connectivity index (χ2v) is 5.24. The maximum atomic E-state index is 11.8. The molecule has 2 saturated heterocycles. The molecule has 2 N–H and O–H groups in total. The van der Waals surface area contributed by atoms with Gasteiger partial charge in [-0.2, -0.15) is 0 Å². The minimum atomic E-state index is -0.192. The molecule has 0 radical (unpaired) electrons. The molecule has 2 rings (SSSR count). The summed E-state index contributed by atoms with van der Waals surface area (Å²) in [6, 6.07) is 0. The lowest BCUT2D eigenvalue weighted by Crippen LogP contribution is -2.47. The largest absolute Gasteiger partial charge is 0.356 e. The molecule has 2 heterocycles. The fourth-order valence-electron chi connectivity index (χ4n) is 2.65. The van der Waals surface area contributed by atoms with Crippen LogP contribution in [0.2, 0.25) is 0 Å². The SMILES string of the molecule is CC(=O)NCC(=O)N1CCC2(CC1)CNC(=O)C2. The summed E-state index contributed by atoms with van der Waals surface area (Å²) in [7, 11) is 0. The molecule has 100 valence electrons. The van der Waals surface area contributed by atoms with Gasteiger partial charge in [-0.3, -0.25) is 14.4 Å². The molecule has 0 aromatic carbocycles. The van der Waals surface area contributed by atoms with Crippen LogP contribution in [0, 0.1) is 5.41 Å². The molecule has 0 atom stereocenters. The Balaban J connectivity index is 1.81. The summed E-state index contributed by atoms with van der Waals surface area (Å²) in [4.78, 5) is 35.6. The highest BCUT2D eigenvalue weighted by molar-refractivity contribution is 5.84. The van der Waals surface area contributed by atoms with Crippen molar-refractivity contribution in [3.8, 4) is 0 Å². The first-order valence-electron chi connectivity index (χ1n) is 6.30. The number of piperidine rings is 1. The van der Waals surface area contributed by atoms with Crippen LogP contribution < -0.4 is 10.6 Å². The van der Waals surface area contributed by atoms with Crippen LogP contribution in [0.1, 0.15) is 26.2 Å². The standard InChI is InChI=1S/C12H19N3O3/c1-9(16)13-7-11(18)15-4-2-12(3-5-15)6-10(17)14-8-12/h2-8H2,1H3,(H,13,16)(H,14,17). The molecule has 0 aromatic rings. The van der Waals surface area contributed by atoms with Gasteiger partial charge in [-0.05, 0) is 18.3 Å². The number of amides is 3.